The second kappa shape index (κ2) is 8.10. The summed E-state index contributed by atoms with van der Waals surface area (Å²) >= 11 is 1.45. The van der Waals surface area contributed by atoms with Gasteiger partial charge in [0, 0.05) is 0 Å². The molecule has 29 heavy (non-hydrogen) atoms. The van der Waals surface area contributed by atoms with Gasteiger partial charge in [-0.15, -0.1) is 11.3 Å². The molecule has 0 aliphatic carbocycles. The van der Waals surface area contributed by atoms with E-state index in [9.17, 15) is 13.2 Å². The van der Waals surface area contributed by atoms with Gasteiger partial charge in [-0.25, -0.2) is 4.98 Å². The Morgan fingerprint density at radius 3 is 2.41 bits per heavy atom. The molecule has 2 aromatic carbocycles. The standard InChI is InChI=1S/C20H22N2O5S2/c1-20(2,3)27-19(23)15(18-21-16-6-4-5-7-17(16)28-18)12-13-8-10-14(11-9-13)22-29(24,25)26/h4-11,15,22H,12H2,1-3H3,(H,24,25,26)/t15-/m1/s1. The van der Waals surface area contributed by atoms with Crippen molar-refractivity contribution in [1.29, 1.82) is 0 Å². The number of hydrogen-bond donors (Lipinski definition) is 2. The summed E-state index contributed by atoms with van der Waals surface area (Å²) in [7, 11) is -4.34. The van der Waals surface area contributed by atoms with Crippen molar-refractivity contribution in [3.63, 3.8) is 0 Å². The fraction of sp³-hybridized carbons (Fsp3) is 0.300. The lowest BCUT2D eigenvalue weighted by Gasteiger charge is -2.23. The number of carbonyl (C=O) groups excluding carboxylic acids is 1. The monoisotopic (exact) mass is 434 g/mol. The van der Waals surface area contributed by atoms with E-state index in [1.165, 1.54) is 23.5 Å². The number of esters is 1. The molecule has 0 saturated carbocycles. The second-order valence-corrected chi connectivity index (χ2v) is 9.80. The highest BCUT2D eigenvalue weighted by Crippen LogP contribution is 2.32. The van der Waals surface area contributed by atoms with Gasteiger partial charge in [-0.3, -0.25) is 14.1 Å². The highest BCUT2D eigenvalue weighted by Gasteiger charge is 2.29. The van der Waals surface area contributed by atoms with Crippen molar-refractivity contribution in [3.8, 4) is 0 Å². The number of hydrogen-bond acceptors (Lipinski definition) is 6. The predicted octanol–water partition coefficient (Wildman–Crippen LogP) is 4.18. The number of thiazole rings is 1. The SMILES string of the molecule is CC(C)(C)OC(=O)[C@H](Cc1ccc(NS(=O)(=O)O)cc1)c1nc2ccccc2s1. The Morgan fingerprint density at radius 2 is 1.83 bits per heavy atom. The molecule has 0 fully saturated rings. The lowest BCUT2D eigenvalue weighted by molar-refractivity contribution is -0.156. The zero-order chi connectivity index (χ0) is 21.2. The van der Waals surface area contributed by atoms with Gasteiger partial charge in [-0.2, -0.15) is 8.42 Å². The molecule has 154 valence electrons. The molecule has 0 unspecified atom stereocenters. The van der Waals surface area contributed by atoms with Crippen molar-refractivity contribution in [2.45, 2.75) is 38.7 Å². The maximum atomic E-state index is 12.9. The van der Waals surface area contributed by atoms with Crippen molar-refractivity contribution in [3.05, 3.63) is 59.1 Å². The Morgan fingerprint density at radius 1 is 1.17 bits per heavy atom. The molecular weight excluding hydrogens is 412 g/mol. The summed E-state index contributed by atoms with van der Waals surface area (Å²) in [6, 6.07) is 14.1. The summed E-state index contributed by atoms with van der Waals surface area (Å²) in [4.78, 5) is 17.5. The Kier molecular flexibility index (Phi) is 5.92. The molecule has 0 saturated heterocycles. The molecule has 0 spiro atoms. The van der Waals surface area contributed by atoms with Crippen LogP contribution in [0.15, 0.2) is 48.5 Å². The molecule has 0 radical (unpaired) electrons. The average molecular weight is 435 g/mol. The molecule has 0 aliphatic heterocycles. The molecular formula is C20H22N2O5S2. The number of carbonyl (C=O) groups is 1. The van der Waals surface area contributed by atoms with Gasteiger partial charge in [0.05, 0.1) is 15.9 Å². The van der Waals surface area contributed by atoms with Crippen LogP contribution < -0.4 is 4.72 Å². The van der Waals surface area contributed by atoms with Gasteiger partial charge in [0.1, 0.15) is 16.5 Å². The number of nitrogens with zero attached hydrogens (tertiary/aromatic N) is 1. The van der Waals surface area contributed by atoms with Crippen LogP contribution in [0.1, 0.15) is 37.3 Å². The van der Waals surface area contributed by atoms with Gasteiger partial charge in [0.25, 0.3) is 0 Å². The van der Waals surface area contributed by atoms with Gasteiger partial charge in [0.15, 0.2) is 0 Å². The van der Waals surface area contributed by atoms with Crippen molar-refractivity contribution in [1.82, 2.24) is 4.98 Å². The zero-order valence-corrected chi connectivity index (χ0v) is 17.9. The molecule has 2 N–H and O–H groups in total. The lowest BCUT2D eigenvalue weighted by Crippen LogP contribution is -2.28. The molecule has 1 heterocycles. The summed E-state index contributed by atoms with van der Waals surface area (Å²) in [5, 5.41) is 0.667. The van der Waals surface area contributed by atoms with E-state index < -0.39 is 21.8 Å². The summed E-state index contributed by atoms with van der Waals surface area (Å²) in [6.45, 7) is 5.45. The Balaban J connectivity index is 1.89. The van der Waals surface area contributed by atoms with Crippen molar-refractivity contribution in [2.24, 2.45) is 0 Å². The van der Waals surface area contributed by atoms with E-state index in [4.69, 9.17) is 9.29 Å². The number of ether oxygens (including phenoxy) is 1. The van der Waals surface area contributed by atoms with E-state index in [2.05, 4.69) is 4.98 Å². The van der Waals surface area contributed by atoms with E-state index in [0.717, 1.165) is 15.8 Å². The molecule has 3 aromatic rings. The highest BCUT2D eigenvalue weighted by atomic mass is 32.2. The first kappa shape index (κ1) is 21.2. The third kappa shape index (κ3) is 5.99. The Labute approximate surface area is 173 Å². The molecule has 3 rings (SSSR count). The van der Waals surface area contributed by atoms with Crippen LogP contribution in [-0.4, -0.2) is 29.5 Å². The third-order valence-corrected chi connectivity index (χ3v) is 5.58. The average Bonchev–Trinajstić information content (AvgIpc) is 3.01. The van der Waals surface area contributed by atoms with Crippen LogP contribution in [0, 0.1) is 0 Å². The number of nitrogens with one attached hydrogen (secondary N) is 1. The quantitative estimate of drug-likeness (QED) is 0.445. The summed E-state index contributed by atoms with van der Waals surface area (Å²) in [5.74, 6) is -0.955. The van der Waals surface area contributed by atoms with Crippen LogP contribution in [0.25, 0.3) is 10.2 Å². The first-order valence-electron chi connectivity index (χ1n) is 8.93. The van der Waals surface area contributed by atoms with Crippen LogP contribution >= 0.6 is 11.3 Å². The molecule has 0 aliphatic rings. The van der Waals surface area contributed by atoms with Crippen LogP contribution in [0.3, 0.4) is 0 Å². The van der Waals surface area contributed by atoms with Crippen molar-refractivity contribution in [2.75, 3.05) is 4.72 Å². The van der Waals surface area contributed by atoms with E-state index in [1.54, 1.807) is 12.1 Å². The van der Waals surface area contributed by atoms with E-state index in [-0.39, 0.29) is 11.7 Å². The number of fused-ring (bicyclic) bond motifs is 1. The molecule has 9 heteroatoms. The van der Waals surface area contributed by atoms with Crippen LogP contribution in [-0.2, 0) is 26.3 Å². The van der Waals surface area contributed by atoms with Crippen LogP contribution in [0.4, 0.5) is 5.69 Å². The second-order valence-electron chi connectivity index (χ2n) is 7.58. The van der Waals surface area contributed by atoms with E-state index in [1.807, 2.05) is 49.8 Å². The minimum atomic E-state index is -4.34. The zero-order valence-electron chi connectivity index (χ0n) is 16.2. The number of benzene rings is 2. The fourth-order valence-corrected chi connectivity index (χ4v) is 4.27. The molecule has 0 bridgehead atoms. The maximum Gasteiger partial charge on any atom is 0.357 e. The summed E-state index contributed by atoms with van der Waals surface area (Å²) < 4.78 is 39.3. The fourth-order valence-electron chi connectivity index (χ4n) is 2.78. The topological polar surface area (TPSA) is 106 Å². The maximum absolute atomic E-state index is 12.9. The number of anilines is 1. The first-order valence-corrected chi connectivity index (χ1v) is 11.2. The molecule has 1 aromatic heterocycles. The Hall–Kier alpha value is -2.49. The first-order chi connectivity index (χ1) is 13.5. The van der Waals surface area contributed by atoms with Crippen molar-refractivity contribution >= 4 is 43.5 Å². The predicted molar refractivity (Wildman–Crippen MR) is 114 cm³/mol. The highest BCUT2D eigenvalue weighted by molar-refractivity contribution is 7.87. The smallest absolute Gasteiger partial charge is 0.357 e. The van der Waals surface area contributed by atoms with E-state index >= 15 is 0 Å². The van der Waals surface area contributed by atoms with Gasteiger partial charge in [-0.05, 0) is 57.0 Å². The third-order valence-electron chi connectivity index (χ3n) is 3.94. The summed E-state index contributed by atoms with van der Waals surface area (Å²) in [6.07, 6.45) is 0.348. The van der Waals surface area contributed by atoms with Crippen molar-refractivity contribution < 1.29 is 22.5 Å². The minimum absolute atomic E-state index is 0.227. The molecule has 7 nitrogen and oxygen atoms in total. The number of rotatable bonds is 6. The summed E-state index contributed by atoms with van der Waals surface area (Å²) in [5.41, 5.74) is 1.23. The Bertz CT molecular complexity index is 1080. The normalized spacial score (nSPS) is 13.2. The van der Waals surface area contributed by atoms with Gasteiger partial charge in [-0.1, -0.05) is 24.3 Å². The molecule has 0 amide bonds. The van der Waals surface area contributed by atoms with Crippen LogP contribution in [0.5, 0.6) is 0 Å². The van der Waals surface area contributed by atoms with Gasteiger partial charge in [0.2, 0.25) is 0 Å². The molecule has 1 atom stereocenters. The minimum Gasteiger partial charge on any atom is -0.459 e. The lowest BCUT2D eigenvalue weighted by atomic mass is 9.99. The largest absolute Gasteiger partial charge is 0.459 e. The number of para-hydroxylation sites is 1. The van der Waals surface area contributed by atoms with Gasteiger partial charge < -0.3 is 4.74 Å². The van der Waals surface area contributed by atoms with Crippen LogP contribution in [0.2, 0.25) is 0 Å². The van der Waals surface area contributed by atoms with Gasteiger partial charge >= 0.3 is 16.3 Å². The van der Waals surface area contributed by atoms with E-state index in [0.29, 0.717) is 11.4 Å². The number of aromatic nitrogens is 1.